The minimum Gasteiger partial charge on any atom is -0.493 e. The average molecular weight is 395 g/mol. The third kappa shape index (κ3) is 4.55. The van der Waals surface area contributed by atoms with E-state index in [1.165, 1.54) is 32.1 Å². The maximum atomic E-state index is 12.5. The van der Waals surface area contributed by atoms with Crippen molar-refractivity contribution >= 4 is 11.6 Å². The topological polar surface area (TPSA) is 91.7 Å². The number of benzene rings is 2. The summed E-state index contributed by atoms with van der Waals surface area (Å²) in [4.78, 5) is 28.8. The fourth-order valence-electron chi connectivity index (χ4n) is 2.83. The van der Waals surface area contributed by atoms with Crippen LogP contribution < -0.4 is 25.1 Å². The Morgan fingerprint density at radius 3 is 2.28 bits per heavy atom. The number of methoxy groups -OCH3 is 3. The number of rotatable bonds is 7. The van der Waals surface area contributed by atoms with Crippen molar-refractivity contribution in [1.82, 2.24) is 9.55 Å². The lowest BCUT2D eigenvalue weighted by molar-refractivity contribution is -0.116. The van der Waals surface area contributed by atoms with Gasteiger partial charge in [-0.05, 0) is 0 Å². The van der Waals surface area contributed by atoms with Gasteiger partial charge in [-0.2, -0.15) is 0 Å². The first-order chi connectivity index (χ1) is 14.0. The zero-order valence-electron chi connectivity index (χ0n) is 16.3. The van der Waals surface area contributed by atoms with Crippen molar-refractivity contribution in [3.05, 3.63) is 65.2 Å². The van der Waals surface area contributed by atoms with Crippen LogP contribution in [0.1, 0.15) is 0 Å². The summed E-state index contributed by atoms with van der Waals surface area (Å²) in [5, 5.41) is 2.74. The summed E-state index contributed by atoms with van der Waals surface area (Å²) in [7, 11) is 4.48. The van der Waals surface area contributed by atoms with Gasteiger partial charge < -0.3 is 24.1 Å². The predicted molar refractivity (Wildman–Crippen MR) is 109 cm³/mol. The van der Waals surface area contributed by atoms with E-state index in [2.05, 4.69) is 10.3 Å². The number of amides is 1. The van der Waals surface area contributed by atoms with Gasteiger partial charge in [0, 0.05) is 29.6 Å². The fourth-order valence-corrected chi connectivity index (χ4v) is 2.83. The normalized spacial score (nSPS) is 10.3. The molecule has 1 aromatic heterocycles. The summed E-state index contributed by atoms with van der Waals surface area (Å²) in [6.45, 7) is -0.169. The Labute approximate surface area is 167 Å². The molecule has 150 valence electrons. The Morgan fingerprint density at radius 1 is 1.03 bits per heavy atom. The van der Waals surface area contributed by atoms with Crippen LogP contribution in [0.5, 0.6) is 17.2 Å². The van der Waals surface area contributed by atoms with Crippen LogP contribution in [0.4, 0.5) is 5.69 Å². The van der Waals surface area contributed by atoms with E-state index in [0.717, 1.165) is 5.56 Å². The van der Waals surface area contributed by atoms with Gasteiger partial charge in [0.15, 0.2) is 11.5 Å². The van der Waals surface area contributed by atoms with Crippen LogP contribution in [0.2, 0.25) is 0 Å². The highest BCUT2D eigenvalue weighted by Gasteiger charge is 2.15. The molecular formula is C21H21N3O5. The quantitative estimate of drug-likeness (QED) is 0.661. The van der Waals surface area contributed by atoms with Gasteiger partial charge in [0.05, 0.1) is 33.2 Å². The van der Waals surface area contributed by atoms with E-state index in [-0.39, 0.29) is 18.0 Å². The Kier molecular flexibility index (Phi) is 6.13. The van der Waals surface area contributed by atoms with Crippen LogP contribution in [0.15, 0.2) is 59.7 Å². The van der Waals surface area contributed by atoms with Gasteiger partial charge in [-0.1, -0.05) is 30.3 Å². The number of anilines is 1. The molecule has 0 unspecified atom stereocenters. The van der Waals surface area contributed by atoms with Crippen LogP contribution in [0.25, 0.3) is 11.3 Å². The first kappa shape index (κ1) is 19.9. The van der Waals surface area contributed by atoms with E-state index in [0.29, 0.717) is 28.6 Å². The number of hydrogen-bond acceptors (Lipinski definition) is 6. The Hall–Kier alpha value is -3.81. The summed E-state index contributed by atoms with van der Waals surface area (Å²) in [6.07, 6.45) is 2.77. The highest BCUT2D eigenvalue weighted by molar-refractivity contribution is 5.91. The van der Waals surface area contributed by atoms with E-state index in [4.69, 9.17) is 14.2 Å². The second-order valence-electron chi connectivity index (χ2n) is 6.07. The molecule has 8 heteroatoms. The fraction of sp³-hybridized carbons (Fsp3) is 0.190. The van der Waals surface area contributed by atoms with Crippen molar-refractivity contribution in [2.75, 3.05) is 26.6 Å². The van der Waals surface area contributed by atoms with Crippen molar-refractivity contribution in [3.8, 4) is 28.5 Å². The minimum atomic E-state index is -0.383. The predicted octanol–water partition coefficient (Wildman–Crippen LogP) is 2.57. The molecule has 0 saturated carbocycles. The molecule has 0 aliphatic carbocycles. The second kappa shape index (κ2) is 8.92. The zero-order valence-corrected chi connectivity index (χ0v) is 16.3. The van der Waals surface area contributed by atoms with Gasteiger partial charge in [0.2, 0.25) is 11.7 Å². The molecule has 0 radical (unpaired) electrons. The molecule has 0 aliphatic heterocycles. The molecule has 0 fully saturated rings. The zero-order chi connectivity index (χ0) is 20.8. The summed E-state index contributed by atoms with van der Waals surface area (Å²) >= 11 is 0. The van der Waals surface area contributed by atoms with Gasteiger partial charge >= 0.3 is 0 Å². The monoisotopic (exact) mass is 395 g/mol. The smallest absolute Gasteiger partial charge is 0.269 e. The van der Waals surface area contributed by atoms with E-state index in [1.54, 1.807) is 18.3 Å². The Morgan fingerprint density at radius 2 is 1.69 bits per heavy atom. The molecule has 2 aromatic carbocycles. The molecule has 1 N–H and O–H groups in total. The average Bonchev–Trinajstić information content (AvgIpc) is 2.75. The van der Waals surface area contributed by atoms with Gasteiger partial charge in [-0.25, -0.2) is 4.98 Å². The van der Waals surface area contributed by atoms with E-state index in [1.807, 2.05) is 30.3 Å². The number of hydrogen-bond donors (Lipinski definition) is 1. The third-order valence-corrected chi connectivity index (χ3v) is 4.21. The highest BCUT2D eigenvalue weighted by atomic mass is 16.5. The van der Waals surface area contributed by atoms with Gasteiger partial charge in [-0.15, -0.1) is 0 Å². The van der Waals surface area contributed by atoms with Crippen LogP contribution in [-0.4, -0.2) is 36.8 Å². The van der Waals surface area contributed by atoms with Crippen LogP contribution in [-0.2, 0) is 11.3 Å². The van der Waals surface area contributed by atoms with E-state index >= 15 is 0 Å². The molecule has 1 amide bonds. The number of nitrogens with zero attached hydrogens (tertiary/aromatic N) is 2. The molecule has 8 nitrogen and oxygen atoms in total. The van der Waals surface area contributed by atoms with Gasteiger partial charge in [0.1, 0.15) is 6.54 Å². The summed E-state index contributed by atoms with van der Waals surface area (Å²) in [5.41, 5.74) is 1.54. The number of carbonyl (C=O) groups excluding carboxylic acids is 1. The molecule has 29 heavy (non-hydrogen) atoms. The largest absolute Gasteiger partial charge is 0.493 e. The maximum Gasteiger partial charge on any atom is 0.269 e. The molecular weight excluding hydrogens is 374 g/mol. The first-order valence-corrected chi connectivity index (χ1v) is 8.77. The molecule has 3 rings (SSSR count). The van der Waals surface area contributed by atoms with Crippen LogP contribution >= 0.6 is 0 Å². The molecule has 0 spiro atoms. The highest BCUT2D eigenvalue weighted by Crippen LogP contribution is 2.39. The lowest BCUT2D eigenvalue weighted by atomic mass is 10.2. The van der Waals surface area contributed by atoms with E-state index in [9.17, 15) is 9.59 Å². The van der Waals surface area contributed by atoms with Crippen molar-refractivity contribution < 1.29 is 19.0 Å². The van der Waals surface area contributed by atoms with Crippen LogP contribution in [0.3, 0.4) is 0 Å². The van der Waals surface area contributed by atoms with Gasteiger partial charge in [0.25, 0.3) is 5.56 Å². The molecule has 0 atom stereocenters. The number of ether oxygens (including phenoxy) is 3. The molecule has 0 bridgehead atoms. The lowest BCUT2D eigenvalue weighted by Gasteiger charge is -2.15. The van der Waals surface area contributed by atoms with E-state index < -0.39 is 0 Å². The maximum absolute atomic E-state index is 12.5. The van der Waals surface area contributed by atoms with Crippen molar-refractivity contribution in [1.29, 1.82) is 0 Å². The molecule has 3 aromatic rings. The number of aromatic nitrogens is 2. The van der Waals surface area contributed by atoms with Crippen LogP contribution in [0, 0.1) is 0 Å². The number of nitrogens with one attached hydrogen (secondary N) is 1. The summed E-state index contributed by atoms with van der Waals surface area (Å²) in [6, 6.07) is 12.6. The second-order valence-corrected chi connectivity index (χ2v) is 6.07. The minimum absolute atomic E-state index is 0.169. The molecule has 0 aliphatic rings. The Balaban J connectivity index is 1.82. The van der Waals surface area contributed by atoms with Crippen molar-refractivity contribution in [3.63, 3.8) is 0 Å². The summed E-state index contributed by atoms with van der Waals surface area (Å²) < 4.78 is 17.1. The van der Waals surface area contributed by atoms with Gasteiger partial charge in [-0.3, -0.25) is 9.59 Å². The van der Waals surface area contributed by atoms with Crippen molar-refractivity contribution in [2.45, 2.75) is 6.54 Å². The lowest BCUT2D eigenvalue weighted by Crippen LogP contribution is -2.27. The molecule has 1 heterocycles. The first-order valence-electron chi connectivity index (χ1n) is 8.77. The number of carbonyl (C=O) groups is 1. The third-order valence-electron chi connectivity index (χ3n) is 4.21. The summed E-state index contributed by atoms with van der Waals surface area (Å²) in [5.74, 6) is 0.863. The SMILES string of the molecule is COc1cc(NC(=O)Cn2cc(-c3ccccc3)ncc2=O)cc(OC)c1OC. The Bertz CT molecular complexity index is 1040. The van der Waals surface area contributed by atoms with Crippen molar-refractivity contribution in [2.24, 2.45) is 0 Å². The molecule has 0 saturated heterocycles. The standard InChI is InChI=1S/C21H21N3O5/c1-27-17-9-15(10-18(28-2)21(17)29-3)23-19(25)13-24-12-16(22-11-20(24)26)14-7-5-4-6-8-14/h4-12H,13H2,1-3H3,(H,23,25).